The van der Waals surface area contributed by atoms with Crippen molar-refractivity contribution < 1.29 is 8.91 Å². The van der Waals surface area contributed by atoms with Crippen molar-refractivity contribution in [3.63, 3.8) is 0 Å². The van der Waals surface area contributed by atoms with Crippen molar-refractivity contribution >= 4 is 16.5 Å². The van der Waals surface area contributed by atoms with Crippen LogP contribution in [0.15, 0.2) is 34.3 Å². The van der Waals surface area contributed by atoms with Crippen molar-refractivity contribution in [2.75, 3.05) is 31.1 Å². The zero-order chi connectivity index (χ0) is 18.1. The minimum absolute atomic E-state index is 0.0382. The summed E-state index contributed by atoms with van der Waals surface area (Å²) in [5.41, 5.74) is 1.33. The third kappa shape index (κ3) is 3.34. The Labute approximate surface area is 155 Å². The van der Waals surface area contributed by atoms with Gasteiger partial charge in [0, 0.05) is 43.3 Å². The molecule has 2 aromatic heterocycles. The van der Waals surface area contributed by atoms with Gasteiger partial charge >= 0.3 is 0 Å². The molecule has 0 spiro atoms. The lowest BCUT2D eigenvalue weighted by atomic mass is 10.1. The number of piperazine rings is 1. The van der Waals surface area contributed by atoms with Crippen molar-refractivity contribution in [1.82, 2.24) is 20.0 Å². The van der Waals surface area contributed by atoms with Gasteiger partial charge in [-0.15, -0.1) is 11.3 Å². The molecule has 0 radical (unpaired) electrons. The summed E-state index contributed by atoms with van der Waals surface area (Å²) in [6.07, 6.45) is 1.84. The summed E-state index contributed by atoms with van der Waals surface area (Å²) in [5.74, 6) is 0.852. The van der Waals surface area contributed by atoms with Gasteiger partial charge in [0.1, 0.15) is 5.82 Å². The van der Waals surface area contributed by atoms with E-state index < -0.39 is 0 Å². The number of nitrogens with zero attached hydrogens (tertiary/aromatic N) is 5. The van der Waals surface area contributed by atoms with Gasteiger partial charge in [-0.2, -0.15) is 4.98 Å². The third-order valence-electron chi connectivity index (χ3n) is 4.77. The van der Waals surface area contributed by atoms with E-state index in [4.69, 9.17) is 4.52 Å². The fourth-order valence-corrected chi connectivity index (χ4v) is 3.83. The zero-order valence-electron chi connectivity index (χ0n) is 14.7. The van der Waals surface area contributed by atoms with Crippen LogP contribution in [0.4, 0.5) is 9.52 Å². The number of hydrogen-bond acceptors (Lipinski definition) is 7. The monoisotopic (exact) mass is 373 g/mol. The number of anilines is 1. The number of aromatic nitrogens is 3. The Kier molecular flexibility index (Phi) is 4.69. The molecule has 1 atom stereocenters. The lowest BCUT2D eigenvalue weighted by Gasteiger charge is -2.36. The molecule has 8 heteroatoms. The fourth-order valence-electron chi connectivity index (χ4n) is 3.13. The number of thiazole rings is 1. The molecule has 0 aliphatic carbocycles. The second-order valence-corrected chi connectivity index (χ2v) is 7.31. The second kappa shape index (κ2) is 7.13. The molecule has 4 rings (SSSR count). The highest BCUT2D eigenvalue weighted by atomic mass is 32.1. The molecule has 1 aliphatic rings. The van der Waals surface area contributed by atoms with Crippen molar-refractivity contribution in [2.24, 2.45) is 0 Å². The normalized spacial score (nSPS) is 16.8. The van der Waals surface area contributed by atoms with Crippen LogP contribution in [-0.2, 0) is 0 Å². The molecule has 1 saturated heterocycles. The minimum Gasteiger partial charge on any atom is -0.346 e. The summed E-state index contributed by atoms with van der Waals surface area (Å²) < 4.78 is 18.9. The Morgan fingerprint density at radius 1 is 1.23 bits per heavy atom. The van der Waals surface area contributed by atoms with E-state index >= 15 is 0 Å². The summed E-state index contributed by atoms with van der Waals surface area (Å²) in [6, 6.07) is 4.88. The summed E-state index contributed by atoms with van der Waals surface area (Å²) in [4.78, 5) is 13.5. The maximum absolute atomic E-state index is 13.4. The molecular weight excluding hydrogens is 353 g/mol. The average molecular weight is 373 g/mol. The van der Waals surface area contributed by atoms with E-state index in [9.17, 15) is 4.39 Å². The first-order valence-electron chi connectivity index (χ1n) is 8.60. The Balaban J connectivity index is 1.43. The van der Waals surface area contributed by atoms with E-state index in [1.165, 1.54) is 6.07 Å². The molecule has 0 bridgehead atoms. The second-order valence-electron chi connectivity index (χ2n) is 6.43. The number of rotatable bonds is 4. The molecule has 3 heterocycles. The molecule has 6 nitrogen and oxygen atoms in total. The number of benzene rings is 1. The molecule has 0 saturated carbocycles. The SMILES string of the molecule is Cc1cc(-c2noc(C(C)N3CCN(c4nccs4)CC3)n2)ccc1F. The van der Waals surface area contributed by atoms with Gasteiger partial charge in [-0.05, 0) is 37.6 Å². The lowest BCUT2D eigenvalue weighted by molar-refractivity contribution is 0.164. The van der Waals surface area contributed by atoms with Crippen molar-refractivity contribution in [3.8, 4) is 11.4 Å². The maximum atomic E-state index is 13.4. The number of halogens is 1. The smallest absolute Gasteiger partial charge is 0.244 e. The predicted octanol–water partition coefficient (Wildman–Crippen LogP) is 3.52. The molecule has 26 heavy (non-hydrogen) atoms. The molecule has 1 aromatic carbocycles. The highest BCUT2D eigenvalue weighted by Gasteiger charge is 2.26. The van der Waals surface area contributed by atoms with E-state index in [0.717, 1.165) is 36.9 Å². The van der Waals surface area contributed by atoms with Crippen molar-refractivity contribution in [1.29, 1.82) is 0 Å². The lowest BCUT2D eigenvalue weighted by Crippen LogP contribution is -2.47. The Morgan fingerprint density at radius 3 is 2.73 bits per heavy atom. The Hall–Kier alpha value is -2.32. The van der Waals surface area contributed by atoms with Gasteiger partial charge in [-0.25, -0.2) is 9.37 Å². The van der Waals surface area contributed by atoms with Gasteiger partial charge in [-0.1, -0.05) is 5.16 Å². The molecule has 0 N–H and O–H groups in total. The topological polar surface area (TPSA) is 58.3 Å². The summed E-state index contributed by atoms with van der Waals surface area (Å²) in [6.45, 7) is 7.48. The Bertz CT molecular complexity index is 874. The number of hydrogen-bond donors (Lipinski definition) is 0. The molecule has 0 amide bonds. The zero-order valence-corrected chi connectivity index (χ0v) is 15.5. The summed E-state index contributed by atoms with van der Waals surface area (Å²) in [7, 11) is 0. The molecule has 1 unspecified atom stereocenters. The largest absolute Gasteiger partial charge is 0.346 e. The standard InChI is InChI=1S/C18H20FN5OS/c1-12-11-14(3-4-15(12)19)16-21-17(25-22-16)13(2)23-6-8-24(9-7-23)18-20-5-10-26-18/h3-5,10-11,13H,6-9H2,1-2H3. The van der Waals surface area contributed by atoms with Crippen LogP contribution in [0.3, 0.4) is 0 Å². The first kappa shape index (κ1) is 17.1. The van der Waals surface area contributed by atoms with Crippen molar-refractivity contribution in [2.45, 2.75) is 19.9 Å². The van der Waals surface area contributed by atoms with E-state index in [2.05, 4.69) is 31.8 Å². The van der Waals surface area contributed by atoms with Crippen LogP contribution < -0.4 is 4.90 Å². The van der Waals surface area contributed by atoms with Crippen LogP contribution in [0.2, 0.25) is 0 Å². The third-order valence-corrected chi connectivity index (χ3v) is 5.60. The molecule has 1 aliphatic heterocycles. The van der Waals surface area contributed by atoms with Crippen LogP contribution in [0.25, 0.3) is 11.4 Å². The highest BCUT2D eigenvalue weighted by Crippen LogP contribution is 2.26. The highest BCUT2D eigenvalue weighted by molar-refractivity contribution is 7.13. The maximum Gasteiger partial charge on any atom is 0.244 e. The van der Waals surface area contributed by atoms with Crippen LogP contribution in [0.1, 0.15) is 24.4 Å². The van der Waals surface area contributed by atoms with Crippen LogP contribution in [-0.4, -0.2) is 46.2 Å². The van der Waals surface area contributed by atoms with Gasteiger partial charge in [0.25, 0.3) is 0 Å². The Morgan fingerprint density at radius 2 is 2.04 bits per heavy atom. The molecular formula is C18H20FN5OS. The van der Waals surface area contributed by atoms with Gasteiger partial charge in [-0.3, -0.25) is 4.90 Å². The van der Waals surface area contributed by atoms with Gasteiger partial charge < -0.3 is 9.42 Å². The average Bonchev–Trinajstić information content (AvgIpc) is 3.36. The fraction of sp³-hybridized carbons (Fsp3) is 0.389. The predicted molar refractivity (Wildman–Crippen MR) is 98.7 cm³/mol. The summed E-state index contributed by atoms with van der Waals surface area (Å²) >= 11 is 1.67. The van der Waals surface area contributed by atoms with E-state index in [1.807, 2.05) is 11.6 Å². The van der Waals surface area contributed by atoms with E-state index in [0.29, 0.717) is 17.3 Å². The van der Waals surface area contributed by atoms with Crippen molar-refractivity contribution in [3.05, 3.63) is 47.0 Å². The van der Waals surface area contributed by atoms with Gasteiger partial charge in [0.2, 0.25) is 11.7 Å². The van der Waals surface area contributed by atoms with Gasteiger partial charge in [0.15, 0.2) is 5.13 Å². The quantitative estimate of drug-likeness (QED) is 0.697. The molecule has 3 aromatic rings. The van der Waals surface area contributed by atoms with Crippen LogP contribution >= 0.6 is 11.3 Å². The summed E-state index contributed by atoms with van der Waals surface area (Å²) in [5, 5.41) is 7.15. The first-order valence-corrected chi connectivity index (χ1v) is 9.48. The number of aryl methyl sites for hydroxylation is 1. The first-order chi connectivity index (χ1) is 12.6. The van der Waals surface area contributed by atoms with Gasteiger partial charge in [0.05, 0.1) is 6.04 Å². The van der Waals surface area contributed by atoms with Crippen LogP contribution in [0.5, 0.6) is 0 Å². The van der Waals surface area contributed by atoms with E-state index in [1.54, 1.807) is 30.4 Å². The molecule has 1 fully saturated rings. The molecule has 136 valence electrons. The van der Waals surface area contributed by atoms with Crippen LogP contribution in [0, 0.1) is 12.7 Å². The minimum atomic E-state index is -0.232. The van der Waals surface area contributed by atoms with E-state index in [-0.39, 0.29) is 11.9 Å².